The fourth-order valence-corrected chi connectivity index (χ4v) is 1.41. The van der Waals surface area contributed by atoms with Crippen LogP contribution in [0, 0.1) is 0 Å². The molecular weight excluding hydrogens is 198 g/mol. The largest absolute Gasteiger partial charge is 0.392 e. The van der Waals surface area contributed by atoms with Crippen LogP contribution in [0.5, 0.6) is 0 Å². The van der Waals surface area contributed by atoms with Crippen LogP contribution < -0.4 is 4.90 Å². The molecule has 0 saturated carbocycles. The third kappa shape index (κ3) is 3.16. The highest BCUT2D eigenvalue weighted by atomic mass is 32.2. The van der Waals surface area contributed by atoms with Crippen LogP contribution in [0.4, 0.5) is 5.95 Å². The zero-order valence-electron chi connectivity index (χ0n) is 8.47. The summed E-state index contributed by atoms with van der Waals surface area (Å²) < 4.78 is 0. The molecule has 0 radical (unpaired) electrons. The summed E-state index contributed by atoms with van der Waals surface area (Å²) >= 11 is 1.80. The molecule has 0 atom stereocenters. The van der Waals surface area contributed by atoms with Gasteiger partial charge in [0, 0.05) is 37.3 Å². The first-order valence-corrected chi connectivity index (χ1v) is 5.79. The molecule has 0 fully saturated rings. The van der Waals surface area contributed by atoms with Crippen LogP contribution in [0.2, 0.25) is 0 Å². The summed E-state index contributed by atoms with van der Waals surface area (Å²) in [7, 11) is 1.96. The topological polar surface area (TPSA) is 49.2 Å². The highest BCUT2D eigenvalue weighted by molar-refractivity contribution is 7.98. The molecular formula is C9H15N3OS. The van der Waals surface area contributed by atoms with Gasteiger partial charge in [-0.3, -0.25) is 0 Å². The molecule has 0 bridgehead atoms. The minimum absolute atomic E-state index is 0.00515. The van der Waals surface area contributed by atoms with Crippen LogP contribution in [0.25, 0.3) is 0 Å². The number of nitrogens with zero attached hydrogens (tertiary/aromatic N) is 3. The van der Waals surface area contributed by atoms with E-state index in [0.29, 0.717) is 5.95 Å². The van der Waals surface area contributed by atoms with Crippen molar-refractivity contribution in [3.8, 4) is 0 Å². The van der Waals surface area contributed by atoms with E-state index in [1.54, 1.807) is 24.2 Å². The van der Waals surface area contributed by atoms with Crippen molar-refractivity contribution in [3.05, 3.63) is 18.0 Å². The highest BCUT2D eigenvalue weighted by Crippen LogP contribution is 2.05. The predicted molar refractivity (Wildman–Crippen MR) is 59.6 cm³/mol. The van der Waals surface area contributed by atoms with E-state index in [1.807, 2.05) is 11.9 Å². The smallest absolute Gasteiger partial charge is 0.225 e. The molecule has 1 rings (SSSR count). The Hall–Kier alpha value is -0.810. The Labute approximate surface area is 88.4 Å². The zero-order chi connectivity index (χ0) is 10.4. The summed E-state index contributed by atoms with van der Waals surface area (Å²) in [5.74, 6) is 1.76. The van der Waals surface area contributed by atoms with Gasteiger partial charge < -0.3 is 10.0 Å². The van der Waals surface area contributed by atoms with Gasteiger partial charge in [-0.2, -0.15) is 11.8 Å². The Morgan fingerprint density at radius 2 is 2.07 bits per heavy atom. The van der Waals surface area contributed by atoms with E-state index in [-0.39, 0.29) is 6.61 Å². The van der Waals surface area contributed by atoms with Crippen molar-refractivity contribution in [1.82, 2.24) is 9.97 Å². The van der Waals surface area contributed by atoms with Gasteiger partial charge in [-0.15, -0.1) is 0 Å². The van der Waals surface area contributed by atoms with E-state index in [9.17, 15) is 0 Å². The first kappa shape index (κ1) is 11.3. The van der Waals surface area contributed by atoms with Crippen molar-refractivity contribution in [2.24, 2.45) is 0 Å². The van der Waals surface area contributed by atoms with Crippen molar-refractivity contribution in [3.63, 3.8) is 0 Å². The third-order valence-electron chi connectivity index (χ3n) is 1.85. The van der Waals surface area contributed by atoms with Crippen LogP contribution in [-0.4, -0.2) is 40.7 Å². The van der Waals surface area contributed by atoms with Gasteiger partial charge in [-0.25, -0.2) is 9.97 Å². The second-order valence-electron chi connectivity index (χ2n) is 2.96. The molecule has 1 aromatic rings. The van der Waals surface area contributed by atoms with Crippen LogP contribution in [-0.2, 0) is 6.61 Å². The molecule has 78 valence electrons. The fourth-order valence-electron chi connectivity index (χ4n) is 0.955. The Morgan fingerprint density at radius 3 is 2.57 bits per heavy atom. The Balaban J connectivity index is 2.57. The molecule has 1 aromatic heterocycles. The molecule has 0 aliphatic carbocycles. The molecule has 0 aliphatic heterocycles. The summed E-state index contributed by atoms with van der Waals surface area (Å²) in [6, 6.07) is 0. The lowest BCUT2D eigenvalue weighted by atomic mass is 10.4. The van der Waals surface area contributed by atoms with Gasteiger partial charge in [0.25, 0.3) is 0 Å². The molecule has 0 aromatic carbocycles. The summed E-state index contributed by atoms with van der Waals surface area (Å²) in [6.45, 7) is 0.925. The standard InChI is InChI=1S/C9H15N3OS/c1-12(3-4-14-2)9-10-5-8(7-13)6-11-9/h5-6,13H,3-4,7H2,1-2H3. The molecule has 0 unspecified atom stereocenters. The van der Waals surface area contributed by atoms with Crippen LogP contribution in [0.1, 0.15) is 5.56 Å². The maximum absolute atomic E-state index is 8.81. The molecule has 0 spiro atoms. The van der Waals surface area contributed by atoms with Gasteiger partial charge in [0.1, 0.15) is 0 Å². The van der Waals surface area contributed by atoms with Crippen molar-refractivity contribution in [1.29, 1.82) is 0 Å². The van der Waals surface area contributed by atoms with Crippen molar-refractivity contribution < 1.29 is 5.11 Å². The summed E-state index contributed by atoms with van der Waals surface area (Å²) in [5.41, 5.74) is 0.743. The molecule has 0 saturated heterocycles. The maximum atomic E-state index is 8.81. The lowest BCUT2D eigenvalue weighted by molar-refractivity contribution is 0.281. The van der Waals surface area contributed by atoms with Gasteiger partial charge in [0.05, 0.1) is 6.61 Å². The predicted octanol–water partition coefficient (Wildman–Crippen LogP) is 0.768. The van der Waals surface area contributed by atoms with Crippen molar-refractivity contribution >= 4 is 17.7 Å². The number of aliphatic hydroxyl groups excluding tert-OH is 1. The van der Waals surface area contributed by atoms with Crippen LogP contribution >= 0.6 is 11.8 Å². The van der Waals surface area contributed by atoms with E-state index in [1.165, 1.54) is 0 Å². The zero-order valence-corrected chi connectivity index (χ0v) is 9.29. The molecule has 14 heavy (non-hydrogen) atoms. The maximum Gasteiger partial charge on any atom is 0.225 e. The average Bonchev–Trinajstić information content (AvgIpc) is 2.26. The van der Waals surface area contributed by atoms with E-state index in [0.717, 1.165) is 17.9 Å². The van der Waals surface area contributed by atoms with E-state index in [2.05, 4.69) is 16.2 Å². The van der Waals surface area contributed by atoms with Crippen molar-refractivity contribution in [2.45, 2.75) is 6.61 Å². The van der Waals surface area contributed by atoms with Gasteiger partial charge in [0.2, 0.25) is 5.95 Å². The average molecular weight is 213 g/mol. The molecule has 0 amide bonds. The number of hydrogen-bond donors (Lipinski definition) is 1. The monoisotopic (exact) mass is 213 g/mol. The Morgan fingerprint density at radius 1 is 1.43 bits per heavy atom. The number of hydrogen-bond acceptors (Lipinski definition) is 5. The summed E-state index contributed by atoms with van der Waals surface area (Å²) in [5, 5.41) is 8.81. The van der Waals surface area contributed by atoms with Gasteiger partial charge >= 0.3 is 0 Å². The van der Waals surface area contributed by atoms with Gasteiger partial charge in [-0.1, -0.05) is 0 Å². The van der Waals surface area contributed by atoms with Crippen molar-refractivity contribution in [2.75, 3.05) is 30.5 Å². The molecule has 1 heterocycles. The SMILES string of the molecule is CSCCN(C)c1ncc(CO)cn1. The number of aromatic nitrogens is 2. The lowest BCUT2D eigenvalue weighted by Gasteiger charge is -2.15. The van der Waals surface area contributed by atoms with Crippen LogP contribution in [0.15, 0.2) is 12.4 Å². The van der Waals surface area contributed by atoms with E-state index < -0.39 is 0 Å². The molecule has 5 heteroatoms. The van der Waals surface area contributed by atoms with Gasteiger partial charge in [-0.05, 0) is 6.26 Å². The second kappa shape index (κ2) is 5.82. The van der Waals surface area contributed by atoms with E-state index in [4.69, 9.17) is 5.11 Å². The Bertz CT molecular complexity index is 265. The summed E-state index contributed by atoms with van der Waals surface area (Å²) in [4.78, 5) is 10.3. The molecule has 1 N–H and O–H groups in total. The fraction of sp³-hybridized carbons (Fsp3) is 0.556. The number of rotatable bonds is 5. The number of anilines is 1. The quantitative estimate of drug-likeness (QED) is 0.783. The minimum atomic E-state index is -0.00515. The summed E-state index contributed by atoms with van der Waals surface area (Å²) in [6.07, 6.45) is 5.37. The van der Waals surface area contributed by atoms with Crippen LogP contribution in [0.3, 0.4) is 0 Å². The normalized spacial score (nSPS) is 10.2. The third-order valence-corrected chi connectivity index (χ3v) is 2.44. The van der Waals surface area contributed by atoms with Gasteiger partial charge in [0.15, 0.2) is 0 Å². The first-order valence-electron chi connectivity index (χ1n) is 4.39. The Kier molecular flexibility index (Phi) is 4.69. The first-order chi connectivity index (χ1) is 6.77. The molecule has 0 aliphatic rings. The number of aliphatic hydroxyl groups is 1. The lowest BCUT2D eigenvalue weighted by Crippen LogP contribution is -2.22. The highest BCUT2D eigenvalue weighted by Gasteiger charge is 2.02. The number of thioether (sulfide) groups is 1. The van der Waals surface area contributed by atoms with E-state index >= 15 is 0 Å². The second-order valence-corrected chi connectivity index (χ2v) is 3.95. The minimum Gasteiger partial charge on any atom is -0.392 e. The molecule has 4 nitrogen and oxygen atoms in total.